The summed E-state index contributed by atoms with van der Waals surface area (Å²) >= 11 is 0. The lowest BCUT2D eigenvalue weighted by atomic mass is 9.48. The van der Waals surface area contributed by atoms with E-state index >= 15 is 4.39 Å². The van der Waals surface area contributed by atoms with Crippen LogP contribution in [0.25, 0.3) is 22.6 Å². The molecule has 3 aliphatic carbocycles. The SMILES string of the molecule is CC(C)[C@@]1(C)c2oncc2C[C@@]2(C)c3nc(-c4ccnc(C5CC5)c4)nc(-c4ccccc4F)c3CC[C@@H]21. The number of aromatic nitrogens is 4. The molecule has 0 aliphatic heterocycles. The van der Waals surface area contributed by atoms with Crippen LogP contribution in [0, 0.1) is 17.7 Å². The minimum atomic E-state index is -0.269. The van der Waals surface area contributed by atoms with Crippen LogP contribution in [-0.4, -0.2) is 20.1 Å². The van der Waals surface area contributed by atoms with Gasteiger partial charge in [0, 0.05) is 50.9 Å². The summed E-state index contributed by atoms with van der Waals surface area (Å²) in [5.74, 6) is 2.60. The smallest absolute Gasteiger partial charge is 0.160 e. The van der Waals surface area contributed by atoms with Crippen LogP contribution < -0.4 is 0 Å². The zero-order valence-corrected chi connectivity index (χ0v) is 22.5. The van der Waals surface area contributed by atoms with Crippen molar-refractivity contribution in [2.45, 2.75) is 76.5 Å². The monoisotopic (exact) mass is 508 g/mol. The Hall–Kier alpha value is -3.41. The molecule has 7 rings (SSSR count). The third kappa shape index (κ3) is 3.35. The summed E-state index contributed by atoms with van der Waals surface area (Å²) in [6.07, 6.45) is 8.66. The summed E-state index contributed by atoms with van der Waals surface area (Å²) in [5, 5.41) is 4.24. The number of fused-ring (bicyclic) bond motifs is 4. The van der Waals surface area contributed by atoms with Gasteiger partial charge in [-0.25, -0.2) is 14.4 Å². The number of nitrogens with zero attached hydrogens (tertiary/aromatic N) is 4. The Labute approximate surface area is 222 Å². The van der Waals surface area contributed by atoms with Gasteiger partial charge in [-0.15, -0.1) is 0 Å². The lowest BCUT2D eigenvalue weighted by molar-refractivity contribution is 0.0613. The largest absolute Gasteiger partial charge is 0.361 e. The van der Waals surface area contributed by atoms with Gasteiger partial charge in [-0.2, -0.15) is 0 Å². The lowest BCUT2D eigenvalue weighted by Gasteiger charge is -2.55. The molecule has 0 radical (unpaired) electrons. The Kier molecular flexibility index (Phi) is 5.17. The highest BCUT2D eigenvalue weighted by Gasteiger charge is 2.58. The molecule has 1 fully saturated rings. The fourth-order valence-electron chi connectivity index (χ4n) is 7.38. The molecule has 0 saturated heterocycles. The number of rotatable bonds is 4. The number of hydrogen-bond acceptors (Lipinski definition) is 5. The number of benzene rings is 1. The Morgan fingerprint density at radius 1 is 1.05 bits per heavy atom. The van der Waals surface area contributed by atoms with Crippen molar-refractivity contribution < 1.29 is 8.91 Å². The zero-order chi connectivity index (χ0) is 26.2. The molecule has 194 valence electrons. The maximum atomic E-state index is 15.3. The molecule has 6 heteroatoms. The van der Waals surface area contributed by atoms with E-state index in [-0.39, 0.29) is 16.6 Å². The predicted molar refractivity (Wildman–Crippen MR) is 144 cm³/mol. The summed E-state index contributed by atoms with van der Waals surface area (Å²) in [6, 6.07) is 11.1. The molecule has 3 aromatic heterocycles. The van der Waals surface area contributed by atoms with Crippen LogP contribution in [0.2, 0.25) is 0 Å². The van der Waals surface area contributed by atoms with Gasteiger partial charge in [0.2, 0.25) is 0 Å². The minimum Gasteiger partial charge on any atom is -0.361 e. The van der Waals surface area contributed by atoms with Crippen molar-refractivity contribution in [1.29, 1.82) is 0 Å². The average molecular weight is 509 g/mol. The molecular weight excluding hydrogens is 475 g/mol. The number of pyridine rings is 1. The van der Waals surface area contributed by atoms with Crippen molar-refractivity contribution in [2.24, 2.45) is 11.8 Å². The first-order chi connectivity index (χ1) is 18.3. The van der Waals surface area contributed by atoms with Gasteiger partial charge >= 0.3 is 0 Å². The molecule has 3 heterocycles. The maximum absolute atomic E-state index is 15.3. The van der Waals surface area contributed by atoms with Crippen LogP contribution in [0.3, 0.4) is 0 Å². The van der Waals surface area contributed by atoms with Crippen molar-refractivity contribution in [3.8, 4) is 22.6 Å². The van der Waals surface area contributed by atoms with Gasteiger partial charge in [0.1, 0.15) is 11.6 Å². The summed E-state index contributed by atoms with van der Waals surface area (Å²) in [5.41, 5.74) is 6.11. The molecule has 5 nitrogen and oxygen atoms in total. The highest BCUT2D eigenvalue weighted by Crippen LogP contribution is 2.59. The lowest BCUT2D eigenvalue weighted by Crippen LogP contribution is -2.55. The van der Waals surface area contributed by atoms with E-state index in [0.717, 1.165) is 58.8 Å². The second-order valence-corrected chi connectivity index (χ2v) is 12.2. The molecule has 0 spiro atoms. The van der Waals surface area contributed by atoms with Crippen LogP contribution in [0.5, 0.6) is 0 Å². The Morgan fingerprint density at radius 3 is 2.63 bits per heavy atom. The van der Waals surface area contributed by atoms with Crippen molar-refractivity contribution >= 4 is 0 Å². The highest BCUT2D eigenvalue weighted by atomic mass is 19.1. The van der Waals surface area contributed by atoms with Crippen LogP contribution in [0.1, 0.15) is 81.2 Å². The van der Waals surface area contributed by atoms with E-state index in [1.165, 1.54) is 18.9 Å². The predicted octanol–water partition coefficient (Wildman–Crippen LogP) is 7.20. The van der Waals surface area contributed by atoms with Gasteiger partial charge in [0.25, 0.3) is 0 Å². The first-order valence-electron chi connectivity index (χ1n) is 13.9. The summed E-state index contributed by atoms with van der Waals surface area (Å²) in [7, 11) is 0. The first-order valence-corrected chi connectivity index (χ1v) is 13.9. The topological polar surface area (TPSA) is 64.7 Å². The second kappa shape index (κ2) is 8.29. The van der Waals surface area contributed by atoms with Crippen LogP contribution in [0.15, 0.2) is 53.3 Å². The van der Waals surface area contributed by atoms with Crippen molar-refractivity contribution in [3.05, 3.63) is 82.9 Å². The zero-order valence-electron chi connectivity index (χ0n) is 22.5. The molecule has 0 bridgehead atoms. The van der Waals surface area contributed by atoms with Gasteiger partial charge in [-0.3, -0.25) is 4.98 Å². The van der Waals surface area contributed by atoms with Gasteiger partial charge in [-0.05, 0) is 68.2 Å². The van der Waals surface area contributed by atoms with Crippen molar-refractivity contribution in [3.63, 3.8) is 0 Å². The Bertz CT molecular complexity index is 1560. The summed E-state index contributed by atoms with van der Waals surface area (Å²) in [4.78, 5) is 15.0. The fourth-order valence-corrected chi connectivity index (χ4v) is 7.38. The van der Waals surface area contributed by atoms with Crippen LogP contribution >= 0.6 is 0 Å². The van der Waals surface area contributed by atoms with Gasteiger partial charge in [0.15, 0.2) is 5.82 Å². The quantitative estimate of drug-likeness (QED) is 0.292. The van der Waals surface area contributed by atoms with E-state index in [4.69, 9.17) is 14.5 Å². The van der Waals surface area contributed by atoms with Crippen LogP contribution in [-0.2, 0) is 23.7 Å². The normalized spacial score (nSPS) is 26.1. The first kappa shape index (κ1) is 23.7. The van der Waals surface area contributed by atoms with Gasteiger partial charge in [-0.1, -0.05) is 45.0 Å². The number of hydrogen-bond donors (Lipinski definition) is 0. The van der Waals surface area contributed by atoms with Crippen molar-refractivity contribution in [1.82, 2.24) is 20.1 Å². The summed E-state index contributed by atoms with van der Waals surface area (Å²) in [6.45, 7) is 9.23. The van der Waals surface area contributed by atoms with E-state index in [1.54, 1.807) is 6.07 Å². The molecule has 1 saturated carbocycles. The van der Waals surface area contributed by atoms with E-state index in [9.17, 15) is 0 Å². The third-order valence-corrected chi connectivity index (χ3v) is 9.78. The average Bonchev–Trinajstić information content (AvgIpc) is 3.66. The highest BCUT2D eigenvalue weighted by molar-refractivity contribution is 5.70. The maximum Gasteiger partial charge on any atom is 0.160 e. The van der Waals surface area contributed by atoms with Crippen LogP contribution in [0.4, 0.5) is 4.39 Å². The van der Waals surface area contributed by atoms with E-state index < -0.39 is 0 Å². The molecule has 0 amide bonds. The molecule has 4 aromatic rings. The molecule has 38 heavy (non-hydrogen) atoms. The Balaban J connectivity index is 1.49. The van der Waals surface area contributed by atoms with Gasteiger partial charge in [0.05, 0.1) is 17.6 Å². The third-order valence-electron chi connectivity index (χ3n) is 9.78. The standard InChI is InChI=1S/C32H33FN4O/c1-18(2)32(4)26-12-11-23-27(22-7-5-6-8-24(22)33)36-30(20-13-14-34-25(15-20)19-9-10-19)37-28(23)31(26,3)16-21-17-35-38-29(21)32/h5-8,13-15,17-19,26H,9-12,16H2,1-4H3/t26-,31+,32+/m0/s1. The molecular formula is C32H33FN4O. The minimum absolute atomic E-state index is 0.185. The molecule has 0 N–H and O–H groups in total. The van der Waals surface area contributed by atoms with Crippen molar-refractivity contribution in [2.75, 3.05) is 0 Å². The molecule has 1 aromatic carbocycles. The van der Waals surface area contributed by atoms with Gasteiger partial charge < -0.3 is 4.52 Å². The summed E-state index contributed by atoms with van der Waals surface area (Å²) < 4.78 is 21.2. The van der Waals surface area contributed by atoms with E-state index in [0.29, 0.717) is 29.1 Å². The van der Waals surface area contributed by atoms with E-state index in [2.05, 4.69) is 43.9 Å². The van der Waals surface area contributed by atoms with E-state index in [1.807, 2.05) is 30.6 Å². The Morgan fingerprint density at radius 2 is 1.87 bits per heavy atom. The number of halogens is 1. The molecule has 0 unspecified atom stereocenters. The molecule has 3 atom stereocenters. The second-order valence-electron chi connectivity index (χ2n) is 12.2. The molecule has 3 aliphatic rings. The fraction of sp³-hybridized carbons (Fsp3) is 0.438.